The summed E-state index contributed by atoms with van der Waals surface area (Å²) in [5.74, 6) is 1.53. The van der Waals surface area contributed by atoms with Crippen LogP contribution in [0.25, 0.3) is 10.2 Å². The minimum Gasteiger partial charge on any atom is -0.493 e. The number of nitrogens with zero attached hydrogens (tertiary/aromatic N) is 1. The molecule has 2 N–H and O–H groups in total. The summed E-state index contributed by atoms with van der Waals surface area (Å²) in [5.41, 5.74) is 4.51. The number of hydrogen-bond donors (Lipinski definition) is 2. The summed E-state index contributed by atoms with van der Waals surface area (Å²) in [6, 6.07) is 17.7. The molecule has 0 spiro atoms. The Bertz CT molecular complexity index is 1340. The van der Waals surface area contributed by atoms with Crippen LogP contribution >= 0.6 is 11.3 Å². The normalized spacial score (nSPS) is 14.1. The van der Waals surface area contributed by atoms with Crippen molar-refractivity contribution in [3.8, 4) is 11.5 Å². The van der Waals surface area contributed by atoms with Gasteiger partial charge in [-0.3, -0.25) is 4.79 Å². The molecule has 8 heteroatoms. The van der Waals surface area contributed by atoms with Crippen LogP contribution < -0.4 is 20.1 Å². The quantitative estimate of drug-likeness (QED) is 0.294. The number of anilines is 1. The smallest absolute Gasteiger partial charge is 0.272 e. The third-order valence-electron chi connectivity index (χ3n) is 6.75. The van der Waals surface area contributed by atoms with Crippen LogP contribution in [0.2, 0.25) is 0 Å². The summed E-state index contributed by atoms with van der Waals surface area (Å²) in [5, 5.41) is 8.52. The van der Waals surface area contributed by atoms with E-state index in [9.17, 15) is 4.79 Å². The lowest BCUT2D eigenvalue weighted by Gasteiger charge is -2.23. The maximum atomic E-state index is 13.2. The number of rotatable bonds is 10. The molecule has 37 heavy (non-hydrogen) atoms. The van der Waals surface area contributed by atoms with E-state index < -0.39 is 0 Å². The van der Waals surface area contributed by atoms with Crippen LogP contribution in [-0.4, -0.2) is 43.4 Å². The maximum absolute atomic E-state index is 13.2. The van der Waals surface area contributed by atoms with E-state index in [1.165, 1.54) is 0 Å². The summed E-state index contributed by atoms with van der Waals surface area (Å²) in [7, 11) is 3.60. The van der Waals surface area contributed by atoms with Crippen molar-refractivity contribution in [1.29, 1.82) is 0 Å². The van der Waals surface area contributed by atoms with Gasteiger partial charge in [0.1, 0.15) is 23.3 Å². The van der Waals surface area contributed by atoms with Crippen LogP contribution in [0, 0.1) is 0 Å². The number of thiophene rings is 1. The Balaban J connectivity index is 1.24. The van der Waals surface area contributed by atoms with Crippen molar-refractivity contribution in [2.45, 2.75) is 32.0 Å². The molecule has 194 valence electrons. The van der Waals surface area contributed by atoms with Gasteiger partial charge in [0.25, 0.3) is 5.91 Å². The second-order valence-corrected chi connectivity index (χ2v) is 10.2. The number of fused-ring (bicyclic) bond motifs is 1. The zero-order valence-corrected chi connectivity index (χ0v) is 22.1. The number of carbonyl (C=O) groups excluding carboxylic acids is 1. The van der Waals surface area contributed by atoms with Crippen molar-refractivity contribution < 1.29 is 19.0 Å². The topological polar surface area (TPSA) is 73.8 Å². The zero-order valence-electron chi connectivity index (χ0n) is 21.3. The highest BCUT2D eigenvalue weighted by Gasteiger charge is 2.17. The molecule has 2 aromatic heterocycles. The fourth-order valence-electron chi connectivity index (χ4n) is 4.78. The first kappa shape index (κ1) is 25.3. The van der Waals surface area contributed by atoms with Gasteiger partial charge in [0.05, 0.1) is 23.4 Å². The van der Waals surface area contributed by atoms with E-state index in [4.69, 9.17) is 14.2 Å². The number of methoxy groups -OCH3 is 1. The first-order valence-electron chi connectivity index (χ1n) is 12.7. The van der Waals surface area contributed by atoms with E-state index in [1.54, 1.807) is 18.4 Å². The molecular weight excluding hydrogens is 486 g/mol. The predicted molar refractivity (Wildman–Crippen MR) is 148 cm³/mol. The average molecular weight is 520 g/mol. The van der Waals surface area contributed by atoms with Crippen LogP contribution in [0.5, 0.6) is 11.5 Å². The first-order chi connectivity index (χ1) is 18.1. The monoisotopic (exact) mass is 519 g/mol. The zero-order chi connectivity index (χ0) is 25.6. The summed E-state index contributed by atoms with van der Waals surface area (Å²) in [6.07, 6.45) is 2.96. The molecule has 5 rings (SSSR count). The third-order valence-corrected chi connectivity index (χ3v) is 7.60. The first-order valence-corrected chi connectivity index (χ1v) is 13.5. The van der Waals surface area contributed by atoms with Crippen molar-refractivity contribution in [3.63, 3.8) is 0 Å². The van der Waals surface area contributed by atoms with Gasteiger partial charge < -0.3 is 29.4 Å². The summed E-state index contributed by atoms with van der Waals surface area (Å²) >= 11 is 1.63. The van der Waals surface area contributed by atoms with Crippen LogP contribution in [0.3, 0.4) is 0 Å². The molecule has 1 saturated heterocycles. The number of hydrogen-bond acceptors (Lipinski definition) is 6. The summed E-state index contributed by atoms with van der Waals surface area (Å²) in [6.45, 7) is 2.94. The van der Waals surface area contributed by atoms with Crippen LogP contribution in [0.4, 0.5) is 5.69 Å². The molecule has 0 unspecified atom stereocenters. The van der Waals surface area contributed by atoms with Crippen molar-refractivity contribution in [2.75, 3.05) is 32.1 Å². The van der Waals surface area contributed by atoms with Crippen molar-refractivity contribution >= 4 is 33.1 Å². The SMILES string of the molecule is COCc1cccc(NC(=O)c2cc3sccc3n2C)c1CCOc1ccc(OC2CCNCC2)cc1. The van der Waals surface area contributed by atoms with Gasteiger partial charge in [-0.2, -0.15) is 0 Å². The number of amides is 1. The second-order valence-electron chi connectivity index (χ2n) is 9.23. The largest absolute Gasteiger partial charge is 0.493 e. The van der Waals surface area contributed by atoms with Gasteiger partial charge >= 0.3 is 0 Å². The molecule has 1 fully saturated rings. The van der Waals surface area contributed by atoms with Gasteiger partial charge in [-0.05, 0) is 84.9 Å². The van der Waals surface area contributed by atoms with E-state index in [2.05, 4.69) is 10.6 Å². The Labute approximate surface area is 221 Å². The number of carbonyl (C=O) groups is 1. The van der Waals surface area contributed by atoms with Crippen molar-refractivity contribution in [3.05, 3.63) is 76.8 Å². The fraction of sp³-hybridized carbons (Fsp3) is 0.345. The van der Waals surface area contributed by atoms with E-state index in [-0.39, 0.29) is 12.0 Å². The lowest BCUT2D eigenvalue weighted by atomic mass is 10.0. The molecule has 3 heterocycles. The summed E-state index contributed by atoms with van der Waals surface area (Å²) < 4.78 is 20.6. The van der Waals surface area contributed by atoms with Crippen molar-refractivity contribution in [2.24, 2.45) is 7.05 Å². The van der Waals surface area contributed by atoms with Crippen molar-refractivity contribution in [1.82, 2.24) is 9.88 Å². The number of nitrogens with one attached hydrogen (secondary N) is 2. The van der Waals surface area contributed by atoms with Gasteiger partial charge in [0, 0.05) is 26.3 Å². The Hall–Kier alpha value is -3.33. The molecule has 0 aliphatic carbocycles. The van der Waals surface area contributed by atoms with Gasteiger partial charge in [-0.15, -0.1) is 11.3 Å². The molecule has 1 aliphatic heterocycles. The van der Waals surface area contributed by atoms with Crippen LogP contribution in [0.15, 0.2) is 60.0 Å². The minimum absolute atomic E-state index is 0.132. The Morgan fingerprint density at radius 1 is 1.11 bits per heavy atom. The Morgan fingerprint density at radius 3 is 2.65 bits per heavy atom. The molecule has 0 atom stereocenters. The maximum Gasteiger partial charge on any atom is 0.272 e. The Morgan fingerprint density at radius 2 is 1.89 bits per heavy atom. The average Bonchev–Trinajstić information content (AvgIpc) is 3.50. The molecule has 0 saturated carbocycles. The van der Waals surface area contributed by atoms with E-state index >= 15 is 0 Å². The number of aryl methyl sites for hydroxylation is 1. The number of benzene rings is 2. The van der Waals surface area contributed by atoms with Gasteiger partial charge in [0.15, 0.2) is 0 Å². The fourth-order valence-corrected chi connectivity index (χ4v) is 5.63. The molecule has 7 nitrogen and oxygen atoms in total. The highest BCUT2D eigenvalue weighted by molar-refractivity contribution is 7.17. The van der Waals surface area contributed by atoms with E-state index in [0.29, 0.717) is 25.3 Å². The molecule has 1 aliphatic rings. The number of piperidine rings is 1. The number of ether oxygens (including phenoxy) is 3. The molecule has 0 bridgehead atoms. The lowest BCUT2D eigenvalue weighted by molar-refractivity contribution is 0.101. The third kappa shape index (κ3) is 5.98. The molecular formula is C29H33N3O4S. The van der Waals surface area contributed by atoms with E-state index in [0.717, 1.165) is 64.5 Å². The molecule has 1 amide bonds. The van der Waals surface area contributed by atoms with E-state index in [1.807, 2.05) is 71.6 Å². The molecule has 0 radical (unpaired) electrons. The highest BCUT2D eigenvalue weighted by atomic mass is 32.1. The minimum atomic E-state index is -0.132. The van der Waals surface area contributed by atoms with Crippen LogP contribution in [0.1, 0.15) is 34.5 Å². The van der Waals surface area contributed by atoms with Gasteiger partial charge in [-0.1, -0.05) is 12.1 Å². The predicted octanol–water partition coefficient (Wildman–Crippen LogP) is 5.39. The molecule has 4 aromatic rings. The highest BCUT2D eigenvalue weighted by Crippen LogP contribution is 2.27. The second kappa shape index (κ2) is 11.8. The van der Waals surface area contributed by atoms with Gasteiger partial charge in [-0.25, -0.2) is 0 Å². The van der Waals surface area contributed by atoms with Gasteiger partial charge in [0.2, 0.25) is 0 Å². The van der Waals surface area contributed by atoms with Crippen LogP contribution in [-0.2, 0) is 24.8 Å². The lowest BCUT2D eigenvalue weighted by Crippen LogP contribution is -2.34. The Kier molecular flexibility index (Phi) is 8.08. The number of aromatic nitrogens is 1. The summed E-state index contributed by atoms with van der Waals surface area (Å²) in [4.78, 5) is 13.2. The molecule has 2 aromatic carbocycles. The standard InChI is InChI=1S/C29H33N3O4S/c1-32-26-13-17-37-28(26)18-27(32)29(33)31-25-5-3-4-20(19-34-2)24(25)12-16-35-21-6-8-22(9-7-21)36-23-10-14-30-15-11-23/h3-9,13,17-18,23,30H,10-12,14-16,19H2,1-2H3,(H,31,33).